The van der Waals surface area contributed by atoms with Gasteiger partial charge >= 0.3 is 5.97 Å². The number of hydrogen-bond donors (Lipinski definition) is 1. The summed E-state index contributed by atoms with van der Waals surface area (Å²) < 4.78 is 17.5. The van der Waals surface area contributed by atoms with Gasteiger partial charge < -0.3 is 24.2 Å². The zero-order valence-electron chi connectivity index (χ0n) is 20.5. The normalized spacial score (nSPS) is 30.7. The predicted molar refractivity (Wildman–Crippen MR) is 131 cm³/mol. The van der Waals surface area contributed by atoms with Crippen LogP contribution < -0.4 is 9.47 Å². The summed E-state index contributed by atoms with van der Waals surface area (Å²) in [6, 6.07) is 15.8. The first-order valence-corrected chi connectivity index (χ1v) is 12.3. The lowest BCUT2D eigenvalue weighted by Crippen LogP contribution is -2.53. The number of carboxylic acid groups (broad SMARTS) is 1. The van der Waals surface area contributed by atoms with E-state index in [1.807, 2.05) is 30.3 Å². The van der Waals surface area contributed by atoms with Crippen LogP contribution in [0.4, 0.5) is 0 Å². The van der Waals surface area contributed by atoms with Crippen LogP contribution in [0.25, 0.3) is 0 Å². The van der Waals surface area contributed by atoms with Crippen LogP contribution >= 0.6 is 0 Å². The van der Waals surface area contributed by atoms with Gasteiger partial charge in [0.05, 0.1) is 26.7 Å². The molecule has 2 aromatic carbocycles. The Kier molecular flexibility index (Phi) is 5.35. The van der Waals surface area contributed by atoms with Gasteiger partial charge in [-0.25, -0.2) is 0 Å². The van der Waals surface area contributed by atoms with Crippen molar-refractivity contribution in [2.45, 2.75) is 30.7 Å². The van der Waals surface area contributed by atoms with Crippen LogP contribution in [0.3, 0.4) is 0 Å². The number of nitrogens with zero attached hydrogens (tertiary/aromatic N) is 2. The summed E-state index contributed by atoms with van der Waals surface area (Å²) in [5.74, 6) is -1.44. The molecule has 0 unspecified atom stereocenters. The first-order valence-electron chi connectivity index (χ1n) is 12.3. The summed E-state index contributed by atoms with van der Waals surface area (Å²) in [6.45, 7) is 2.81. The van der Waals surface area contributed by atoms with Gasteiger partial charge in [-0.05, 0) is 35.8 Å². The second kappa shape index (κ2) is 8.35. The van der Waals surface area contributed by atoms with E-state index >= 15 is 0 Å². The van der Waals surface area contributed by atoms with Crippen LogP contribution in [0.2, 0.25) is 0 Å². The second-order valence-electron chi connectivity index (χ2n) is 10.2. The van der Waals surface area contributed by atoms with E-state index in [2.05, 4.69) is 23.1 Å². The number of carbonyl (C=O) groups is 2. The highest BCUT2D eigenvalue weighted by Crippen LogP contribution is 2.62. The number of rotatable bonds is 7. The summed E-state index contributed by atoms with van der Waals surface area (Å²) in [7, 11) is 3.17. The van der Waals surface area contributed by atoms with Gasteiger partial charge in [0.25, 0.3) is 0 Å². The van der Waals surface area contributed by atoms with Crippen LogP contribution in [-0.2, 0) is 27.4 Å². The molecule has 0 radical (unpaired) electrons. The summed E-state index contributed by atoms with van der Waals surface area (Å²) in [5, 5.41) is 10.3. The Hall–Kier alpha value is -3.36. The first-order chi connectivity index (χ1) is 17.4. The Bertz CT molecular complexity index is 1250. The summed E-state index contributed by atoms with van der Waals surface area (Å²) >= 11 is 0. The van der Waals surface area contributed by atoms with Crippen molar-refractivity contribution < 1.29 is 28.9 Å². The highest BCUT2D eigenvalue weighted by atomic mass is 16.5. The van der Waals surface area contributed by atoms with Crippen LogP contribution in [-0.4, -0.2) is 71.8 Å². The molecule has 0 aromatic heterocycles. The third-order valence-electron chi connectivity index (χ3n) is 8.28. The van der Waals surface area contributed by atoms with E-state index in [1.54, 1.807) is 25.2 Å². The van der Waals surface area contributed by atoms with Gasteiger partial charge in [0.2, 0.25) is 5.91 Å². The standard InChI is InChI=1S/C28H30N2O6/c1-34-21-9-8-19(22(12-21)35-2)15-30-17-27-13-20-16-29(14-18-6-4-3-5-7-18)11-10-28(20,36-27)24(26(32)33)23(27)25(30)31/h3-9,12-13,23-24H,10-11,14-17H2,1-2H3,(H,32,33)/t23-,24+,27+,28+/m0/s1. The molecule has 2 spiro atoms. The Morgan fingerprint density at radius 3 is 2.67 bits per heavy atom. The first kappa shape index (κ1) is 23.1. The lowest BCUT2D eigenvalue weighted by atomic mass is 9.65. The zero-order chi connectivity index (χ0) is 25.1. The van der Waals surface area contributed by atoms with Gasteiger partial charge in [-0.2, -0.15) is 0 Å². The number of carbonyl (C=O) groups excluding carboxylic acids is 1. The average molecular weight is 491 g/mol. The Balaban J connectivity index is 1.28. The molecular weight excluding hydrogens is 460 g/mol. The number of amides is 1. The van der Waals surface area contributed by atoms with Gasteiger partial charge in [-0.15, -0.1) is 0 Å². The number of likely N-dealkylation sites (tertiary alicyclic amines) is 2. The maximum Gasteiger partial charge on any atom is 0.310 e. The van der Waals surface area contributed by atoms with Crippen LogP contribution in [0.15, 0.2) is 60.2 Å². The number of ether oxygens (including phenoxy) is 3. The van der Waals surface area contributed by atoms with E-state index in [4.69, 9.17) is 14.2 Å². The highest BCUT2D eigenvalue weighted by Gasteiger charge is 2.75. The minimum atomic E-state index is -0.957. The minimum Gasteiger partial charge on any atom is -0.497 e. The van der Waals surface area contributed by atoms with Crippen LogP contribution in [0.1, 0.15) is 17.5 Å². The summed E-state index contributed by atoms with van der Waals surface area (Å²) in [4.78, 5) is 30.3. The number of carboxylic acids is 1. The number of piperidine rings is 1. The monoisotopic (exact) mass is 490 g/mol. The van der Waals surface area contributed by atoms with Gasteiger partial charge in [-0.3, -0.25) is 14.5 Å². The molecule has 188 valence electrons. The van der Waals surface area contributed by atoms with Crippen molar-refractivity contribution in [1.82, 2.24) is 9.80 Å². The van der Waals surface area contributed by atoms with Gasteiger partial charge in [-0.1, -0.05) is 30.3 Å². The third-order valence-corrected chi connectivity index (χ3v) is 8.28. The molecule has 1 amide bonds. The number of hydrogen-bond acceptors (Lipinski definition) is 6. The molecular formula is C28H30N2O6. The van der Waals surface area contributed by atoms with Crippen molar-refractivity contribution in [3.8, 4) is 11.5 Å². The largest absolute Gasteiger partial charge is 0.497 e. The Labute approximate surface area is 210 Å². The SMILES string of the molecule is COc1ccc(CN2C[C@@]34C=C5CN(Cc6ccccc6)CC[C@]5(O3)[C@@H](C(=O)O)[C@H]4C2=O)c(OC)c1. The van der Waals surface area contributed by atoms with Crippen molar-refractivity contribution in [2.75, 3.05) is 33.9 Å². The Morgan fingerprint density at radius 2 is 1.94 bits per heavy atom. The molecule has 0 aliphatic carbocycles. The Morgan fingerprint density at radius 1 is 1.14 bits per heavy atom. The zero-order valence-corrected chi connectivity index (χ0v) is 20.5. The molecule has 4 heterocycles. The van der Waals surface area contributed by atoms with Gasteiger partial charge in [0.1, 0.15) is 28.6 Å². The smallest absolute Gasteiger partial charge is 0.310 e. The molecule has 2 bridgehead atoms. The van der Waals surface area contributed by atoms with E-state index in [0.717, 1.165) is 24.2 Å². The van der Waals surface area contributed by atoms with Crippen molar-refractivity contribution >= 4 is 11.9 Å². The molecule has 3 fully saturated rings. The average Bonchev–Trinajstić information content (AvgIpc) is 3.45. The van der Waals surface area contributed by atoms with E-state index in [-0.39, 0.29) is 5.91 Å². The molecule has 4 aliphatic heterocycles. The topological polar surface area (TPSA) is 88.5 Å². The molecule has 6 rings (SSSR count). The maximum absolute atomic E-state index is 13.7. The molecule has 1 N–H and O–H groups in total. The fourth-order valence-electron chi connectivity index (χ4n) is 6.75. The number of aliphatic carboxylic acids is 1. The lowest BCUT2D eigenvalue weighted by Gasteiger charge is -2.42. The predicted octanol–water partition coefficient (Wildman–Crippen LogP) is 2.72. The minimum absolute atomic E-state index is 0.167. The third kappa shape index (κ3) is 3.35. The van der Waals surface area contributed by atoms with Crippen molar-refractivity contribution in [2.24, 2.45) is 11.8 Å². The highest BCUT2D eigenvalue weighted by molar-refractivity contribution is 5.92. The van der Waals surface area contributed by atoms with E-state index in [0.29, 0.717) is 37.6 Å². The van der Waals surface area contributed by atoms with E-state index in [9.17, 15) is 14.7 Å². The fraction of sp³-hybridized carbons (Fsp3) is 0.429. The van der Waals surface area contributed by atoms with Crippen molar-refractivity contribution in [1.29, 1.82) is 0 Å². The number of methoxy groups -OCH3 is 2. The molecule has 8 heteroatoms. The maximum atomic E-state index is 13.7. The molecule has 0 saturated carbocycles. The summed E-state index contributed by atoms with van der Waals surface area (Å²) in [6.07, 6.45) is 2.65. The molecule has 4 aliphatic rings. The molecule has 2 aromatic rings. The van der Waals surface area contributed by atoms with E-state index < -0.39 is 29.0 Å². The fourth-order valence-corrected chi connectivity index (χ4v) is 6.75. The molecule has 3 saturated heterocycles. The quantitative estimate of drug-likeness (QED) is 0.597. The molecule has 36 heavy (non-hydrogen) atoms. The van der Waals surface area contributed by atoms with Gasteiger partial charge in [0, 0.05) is 37.8 Å². The van der Waals surface area contributed by atoms with Crippen LogP contribution in [0.5, 0.6) is 11.5 Å². The summed E-state index contributed by atoms with van der Waals surface area (Å²) in [5.41, 5.74) is 1.26. The molecule has 8 nitrogen and oxygen atoms in total. The van der Waals surface area contributed by atoms with E-state index in [1.165, 1.54) is 5.56 Å². The van der Waals surface area contributed by atoms with Crippen molar-refractivity contribution in [3.05, 3.63) is 71.3 Å². The number of benzene rings is 2. The van der Waals surface area contributed by atoms with Crippen LogP contribution in [0, 0.1) is 11.8 Å². The van der Waals surface area contributed by atoms with Crippen molar-refractivity contribution in [3.63, 3.8) is 0 Å². The second-order valence-corrected chi connectivity index (χ2v) is 10.2. The molecule has 4 atom stereocenters. The van der Waals surface area contributed by atoms with Gasteiger partial charge in [0.15, 0.2) is 0 Å². The lowest BCUT2D eigenvalue weighted by molar-refractivity contribution is -0.153.